The van der Waals surface area contributed by atoms with Gasteiger partial charge in [0, 0.05) is 5.56 Å². The van der Waals surface area contributed by atoms with E-state index in [4.69, 9.17) is 9.84 Å². The number of nitrogens with zero attached hydrogens (tertiary/aromatic N) is 4. The molecule has 0 spiro atoms. The molecule has 3 aromatic rings. The minimum atomic E-state index is -1.04. The number of rotatable bonds is 14. The van der Waals surface area contributed by atoms with Crippen molar-refractivity contribution >= 4 is 11.8 Å². The second-order valence-electron chi connectivity index (χ2n) is 8.02. The molecule has 0 amide bonds. The quantitative estimate of drug-likeness (QED) is 0.358. The van der Waals surface area contributed by atoms with Gasteiger partial charge in [0.2, 0.25) is 5.82 Å². The maximum atomic E-state index is 12.3. The molecule has 1 N–H and O–H groups in total. The number of hydrogen-bond acceptors (Lipinski definition) is 6. The number of carbonyl (C=O) groups is 2. The summed E-state index contributed by atoms with van der Waals surface area (Å²) in [6.07, 6.45) is 8.71. The van der Waals surface area contributed by atoms with Gasteiger partial charge in [-0.05, 0) is 47.9 Å². The Morgan fingerprint density at radius 1 is 1.00 bits per heavy atom. The van der Waals surface area contributed by atoms with Crippen molar-refractivity contribution in [1.29, 1.82) is 0 Å². The van der Waals surface area contributed by atoms with Crippen LogP contribution >= 0.6 is 0 Å². The number of hydrogen-bond donors (Lipinski definition) is 1. The fourth-order valence-electron chi connectivity index (χ4n) is 3.45. The molecule has 0 atom stereocenters. The SMILES string of the molecule is CCCCCCCCc1ccc(OCC(=O)Cn2nnc(-c3cccc(C(=O)O)c3)n2)cc1. The fourth-order valence-corrected chi connectivity index (χ4v) is 3.45. The van der Waals surface area contributed by atoms with E-state index in [1.807, 2.05) is 24.3 Å². The Balaban J connectivity index is 1.42. The molecular weight excluding hydrogens is 420 g/mol. The first-order valence-electron chi connectivity index (χ1n) is 11.4. The highest BCUT2D eigenvalue weighted by atomic mass is 16.5. The van der Waals surface area contributed by atoms with Gasteiger partial charge in [-0.1, -0.05) is 63.3 Å². The number of carboxylic acids is 1. The summed E-state index contributed by atoms with van der Waals surface area (Å²) in [7, 11) is 0. The molecule has 0 saturated carbocycles. The molecule has 33 heavy (non-hydrogen) atoms. The molecule has 0 unspecified atom stereocenters. The van der Waals surface area contributed by atoms with Crippen LogP contribution in [-0.2, 0) is 17.8 Å². The minimum Gasteiger partial charge on any atom is -0.486 e. The molecule has 0 fully saturated rings. The lowest BCUT2D eigenvalue weighted by molar-refractivity contribution is -0.122. The number of unbranched alkanes of at least 4 members (excludes halogenated alkanes) is 5. The Hall–Kier alpha value is -3.55. The van der Waals surface area contributed by atoms with E-state index in [9.17, 15) is 9.59 Å². The first-order valence-corrected chi connectivity index (χ1v) is 11.4. The van der Waals surface area contributed by atoms with E-state index in [2.05, 4.69) is 22.3 Å². The molecular formula is C25H30N4O4. The van der Waals surface area contributed by atoms with Crippen molar-refractivity contribution in [1.82, 2.24) is 20.2 Å². The third-order valence-corrected chi connectivity index (χ3v) is 5.28. The molecule has 0 aliphatic heterocycles. The summed E-state index contributed by atoms with van der Waals surface area (Å²) in [6, 6.07) is 14.1. The van der Waals surface area contributed by atoms with E-state index in [1.54, 1.807) is 12.1 Å². The molecule has 8 nitrogen and oxygen atoms in total. The number of aryl methyl sites for hydroxylation is 1. The smallest absolute Gasteiger partial charge is 0.335 e. The maximum absolute atomic E-state index is 12.3. The van der Waals surface area contributed by atoms with Crippen molar-refractivity contribution in [2.75, 3.05) is 6.61 Å². The van der Waals surface area contributed by atoms with E-state index in [1.165, 1.54) is 61.0 Å². The van der Waals surface area contributed by atoms with Crippen LogP contribution in [0.4, 0.5) is 0 Å². The molecule has 2 aromatic carbocycles. The predicted molar refractivity (Wildman–Crippen MR) is 124 cm³/mol. The summed E-state index contributed by atoms with van der Waals surface area (Å²) >= 11 is 0. The lowest BCUT2D eigenvalue weighted by Crippen LogP contribution is -2.19. The fraction of sp³-hybridized carbons (Fsp3) is 0.400. The van der Waals surface area contributed by atoms with Crippen LogP contribution in [0.5, 0.6) is 5.75 Å². The molecule has 174 valence electrons. The second kappa shape index (κ2) is 12.5. The van der Waals surface area contributed by atoms with Gasteiger partial charge in [0.05, 0.1) is 5.56 Å². The zero-order valence-electron chi connectivity index (χ0n) is 18.9. The molecule has 3 rings (SSSR count). The van der Waals surface area contributed by atoms with Gasteiger partial charge in [-0.25, -0.2) is 4.79 Å². The van der Waals surface area contributed by atoms with E-state index in [-0.39, 0.29) is 30.3 Å². The van der Waals surface area contributed by atoms with Gasteiger partial charge in [0.15, 0.2) is 5.78 Å². The monoisotopic (exact) mass is 450 g/mol. The Kier molecular flexibility index (Phi) is 9.11. The van der Waals surface area contributed by atoms with Gasteiger partial charge >= 0.3 is 5.97 Å². The molecule has 0 bridgehead atoms. The summed E-state index contributed by atoms with van der Waals surface area (Å²) in [5, 5.41) is 21.1. The first-order chi connectivity index (χ1) is 16.0. The van der Waals surface area contributed by atoms with Crippen LogP contribution in [0.1, 0.15) is 61.4 Å². The molecule has 1 aromatic heterocycles. The van der Waals surface area contributed by atoms with Crippen molar-refractivity contribution in [3.63, 3.8) is 0 Å². The lowest BCUT2D eigenvalue weighted by Gasteiger charge is -2.07. The van der Waals surface area contributed by atoms with Crippen LogP contribution < -0.4 is 4.74 Å². The average molecular weight is 451 g/mol. The Labute approximate surface area is 193 Å². The molecule has 8 heteroatoms. The number of tetrazole rings is 1. The van der Waals surface area contributed by atoms with Crippen molar-refractivity contribution in [3.05, 3.63) is 59.7 Å². The topological polar surface area (TPSA) is 107 Å². The second-order valence-corrected chi connectivity index (χ2v) is 8.02. The number of carboxylic acid groups (broad SMARTS) is 1. The zero-order valence-corrected chi connectivity index (χ0v) is 18.9. The summed E-state index contributed by atoms with van der Waals surface area (Å²) in [5.41, 5.74) is 1.92. The minimum absolute atomic E-state index is 0.0816. The van der Waals surface area contributed by atoms with E-state index >= 15 is 0 Å². The Morgan fingerprint density at radius 2 is 1.76 bits per heavy atom. The summed E-state index contributed by atoms with van der Waals surface area (Å²) in [5.74, 6) is -0.332. The van der Waals surface area contributed by atoms with E-state index < -0.39 is 5.97 Å². The Morgan fingerprint density at radius 3 is 2.52 bits per heavy atom. The zero-order chi connectivity index (χ0) is 23.5. The van der Waals surface area contributed by atoms with Gasteiger partial charge in [-0.15, -0.1) is 10.2 Å². The number of aromatic carboxylic acids is 1. The van der Waals surface area contributed by atoms with Gasteiger partial charge < -0.3 is 9.84 Å². The molecule has 0 aliphatic rings. The largest absolute Gasteiger partial charge is 0.486 e. The highest BCUT2D eigenvalue weighted by Gasteiger charge is 2.12. The summed E-state index contributed by atoms with van der Waals surface area (Å²) in [6.45, 7) is 2.05. The number of ketones is 1. The highest BCUT2D eigenvalue weighted by molar-refractivity contribution is 5.89. The summed E-state index contributed by atoms with van der Waals surface area (Å²) < 4.78 is 5.59. The average Bonchev–Trinajstić information content (AvgIpc) is 3.29. The third kappa shape index (κ3) is 7.82. The van der Waals surface area contributed by atoms with Gasteiger partial charge in [-0.3, -0.25) is 4.79 Å². The lowest BCUT2D eigenvalue weighted by atomic mass is 10.0. The highest BCUT2D eigenvalue weighted by Crippen LogP contribution is 2.16. The van der Waals surface area contributed by atoms with Crippen LogP contribution in [0.25, 0.3) is 11.4 Å². The van der Waals surface area contributed by atoms with Crippen LogP contribution in [-0.4, -0.2) is 43.7 Å². The van der Waals surface area contributed by atoms with Gasteiger partial charge in [-0.2, -0.15) is 4.80 Å². The van der Waals surface area contributed by atoms with Crippen LogP contribution in [0, 0.1) is 0 Å². The van der Waals surface area contributed by atoms with Crippen molar-refractivity contribution in [3.8, 4) is 17.1 Å². The van der Waals surface area contributed by atoms with Crippen molar-refractivity contribution < 1.29 is 19.4 Å². The predicted octanol–water partition coefficient (Wildman–Crippen LogP) is 4.59. The maximum Gasteiger partial charge on any atom is 0.335 e. The van der Waals surface area contributed by atoms with Crippen LogP contribution in [0.15, 0.2) is 48.5 Å². The number of benzene rings is 2. The van der Waals surface area contributed by atoms with Crippen molar-refractivity contribution in [2.45, 2.75) is 58.4 Å². The van der Waals surface area contributed by atoms with Crippen molar-refractivity contribution in [2.24, 2.45) is 0 Å². The van der Waals surface area contributed by atoms with Crippen LogP contribution in [0.3, 0.4) is 0 Å². The van der Waals surface area contributed by atoms with Gasteiger partial charge in [0.1, 0.15) is 18.9 Å². The third-order valence-electron chi connectivity index (χ3n) is 5.28. The van der Waals surface area contributed by atoms with E-state index in [0.29, 0.717) is 11.3 Å². The molecule has 0 saturated heterocycles. The number of aromatic nitrogens is 4. The van der Waals surface area contributed by atoms with Gasteiger partial charge in [0.25, 0.3) is 0 Å². The number of carbonyl (C=O) groups excluding carboxylic acids is 1. The molecule has 0 radical (unpaired) electrons. The van der Waals surface area contributed by atoms with E-state index in [0.717, 1.165) is 6.42 Å². The number of Topliss-reactive ketones (excluding diaryl/α,β-unsaturated/α-hetero) is 1. The Bertz CT molecular complexity index is 1050. The standard InChI is InChI=1S/C25H30N4O4/c1-2-3-4-5-6-7-9-19-12-14-23(15-13-19)33-18-22(30)17-29-27-24(26-28-29)20-10-8-11-21(16-20)25(31)32/h8,10-16H,2-7,9,17-18H2,1H3,(H,31,32). The number of ether oxygens (including phenoxy) is 1. The summed E-state index contributed by atoms with van der Waals surface area (Å²) in [4.78, 5) is 24.6. The molecule has 0 aliphatic carbocycles. The molecule has 1 heterocycles. The van der Waals surface area contributed by atoms with Crippen LogP contribution in [0.2, 0.25) is 0 Å². The normalized spacial score (nSPS) is 10.8. The first kappa shape index (κ1) is 24.1.